The zero-order chi connectivity index (χ0) is 19.1. The lowest BCUT2D eigenvalue weighted by Crippen LogP contribution is -2.50. The second kappa shape index (κ2) is 6.84. The Morgan fingerprint density at radius 1 is 0.704 bits per heavy atom. The Kier molecular flexibility index (Phi) is 4.65. The van der Waals surface area contributed by atoms with Crippen LogP contribution in [0.15, 0.2) is 48.5 Å². The lowest BCUT2D eigenvalue weighted by molar-refractivity contribution is -0.155. The first-order chi connectivity index (χ1) is 13.0. The van der Waals surface area contributed by atoms with E-state index in [4.69, 9.17) is 9.47 Å². The summed E-state index contributed by atoms with van der Waals surface area (Å²) in [7, 11) is 3.30. The fourth-order valence-electron chi connectivity index (χ4n) is 5.16. The molecule has 2 aliphatic rings. The van der Waals surface area contributed by atoms with Crippen LogP contribution in [0.1, 0.15) is 43.2 Å². The Morgan fingerprint density at radius 2 is 1.07 bits per heavy atom. The van der Waals surface area contributed by atoms with Gasteiger partial charge in [0.2, 0.25) is 0 Å². The predicted molar refractivity (Wildman–Crippen MR) is 104 cm³/mol. The molecule has 4 atom stereocenters. The Balaban J connectivity index is 1.56. The summed E-state index contributed by atoms with van der Waals surface area (Å²) in [5, 5.41) is 23.0. The molecule has 27 heavy (non-hydrogen) atoms. The molecule has 2 fully saturated rings. The van der Waals surface area contributed by atoms with Crippen molar-refractivity contribution in [3.63, 3.8) is 0 Å². The molecule has 4 rings (SSSR count). The number of methoxy groups -OCH3 is 2. The molecule has 4 heteroatoms. The first-order valence-electron chi connectivity index (χ1n) is 9.73. The van der Waals surface area contributed by atoms with Crippen molar-refractivity contribution in [1.29, 1.82) is 0 Å². The minimum atomic E-state index is -0.815. The lowest BCUT2D eigenvalue weighted by atomic mass is 9.56. The molecule has 2 aromatic carbocycles. The third-order valence-electron chi connectivity index (χ3n) is 6.85. The third kappa shape index (κ3) is 3.01. The molecule has 2 N–H and O–H groups in total. The first kappa shape index (κ1) is 18.3. The van der Waals surface area contributed by atoms with E-state index in [0.717, 1.165) is 41.9 Å². The molecule has 0 aliphatic heterocycles. The van der Waals surface area contributed by atoms with Crippen molar-refractivity contribution in [2.24, 2.45) is 11.8 Å². The molecule has 0 spiro atoms. The highest BCUT2D eigenvalue weighted by Crippen LogP contribution is 2.56. The van der Waals surface area contributed by atoms with Gasteiger partial charge in [-0.2, -0.15) is 0 Å². The highest BCUT2D eigenvalue weighted by Gasteiger charge is 2.53. The second-order valence-electron chi connectivity index (χ2n) is 8.01. The van der Waals surface area contributed by atoms with Crippen LogP contribution in [0.4, 0.5) is 0 Å². The summed E-state index contributed by atoms with van der Waals surface area (Å²) in [6.07, 6.45) is 3.80. The number of rotatable bonds is 4. The molecule has 0 amide bonds. The van der Waals surface area contributed by atoms with Gasteiger partial charge in [0.15, 0.2) is 0 Å². The van der Waals surface area contributed by atoms with Gasteiger partial charge in [-0.15, -0.1) is 0 Å². The standard InChI is InChI=1S/C23H28O4/c1-26-20-7-3-16(4-8-20)22(24)13-11-19-15-18(22)12-14-23(19,25)17-5-9-21(27-2)10-6-17/h3-10,18-19,24-25H,11-15H2,1-2H3. The Bertz CT molecular complexity index is 718. The maximum atomic E-state index is 11.5. The van der Waals surface area contributed by atoms with Gasteiger partial charge in [-0.1, -0.05) is 24.3 Å². The van der Waals surface area contributed by atoms with E-state index >= 15 is 0 Å². The van der Waals surface area contributed by atoms with Gasteiger partial charge in [-0.3, -0.25) is 0 Å². The summed E-state index contributed by atoms with van der Waals surface area (Å²) >= 11 is 0. The van der Waals surface area contributed by atoms with E-state index in [0.29, 0.717) is 12.8 Å². The SMILES string of the molecule is COc1ccc(C2(O)CCC3CC2CCC3(O)c2ccc(OC)cc2)cc1. The number of hydrogen-bond donors (Lipinski definition) is 2. The Morgan fingerprint density at radius 3 is 1.41 bits per heavy atom. The van der Waals surface area contributed by atoms with Crippen molar-refractivity contribution in [3.8, 4) is 11.5 Å². The molecule has 0 heterocycles. The quantitative estimate of drug-likeness (QED) is 0.857. The maximum absolute atomic E-state index is 11.5. The van der Waals surface area contributed by atoms with Crippen LogP contribution < -0.4 is 9.47 Å². The summed E-state index contributed by atoms with van der Waals surface area (Å²) in [5.74, 6) is 1.94. The fourth-order valence-corrected chi connectivity index (χ4v) is 5.16. The van der Waals surface area contributed by atoms with Crippen molar-refractivity contribution in [2.75, 3.05) is 14.2 Å². The van der Waals surface area contributed by atoms with Crippen molar-refractivity contribution < 1.29 is 19.7 Å². The maximum Gasteiger partial charge on any atom is 0.118 e. The first-order valence-corrected chi connectivity index (χ1v) is 9.73. The van der Waals surface area contributed by atoms with Gasteiger partial charge in [-0.25, -0.2) is 0 Å². The van der Waals surface area contributed by atoms with Crippen molar-refractivity contribution in [2.45, 2.75) is 43.3 Å². The van der Waals surface area contributed by atoms with Crippen LogP contribution in [0.5, 0.6) is 11.5 Å². The summed E-state index contributed by atoms with van der Waals surface area (Å²) in [6.45, 7) is 0. The van der Waals surface area contributed by atoms with E-state index in [1.807, 2.05) is 48.5 Å². The van der Waals surface area contributed by atoms with Crippen LogP contribution in [0, 0.1) is 11.8 Å². The fraction of sp³-hybridized carbons (Fsp3) is 0.478. The molecule has 0 radical (unpaired) electrons. The molecule has 144 valence electrons. The van der Waals surface area contributed by atoms with Gasteiger partial charge in [0, 0.05) is 0 Å². The number of aliphatic hydroxyl groups is 2. The molecule has 2 bridgehead atoms. The summed E-state index contributed by atoms with van der Waals surface area (Å²) in [6, 6.07) is 15.6. The van der Waals surface area contributed by atoms with E-state index < -0.39 is 11.2 Å². The van der Waals surface area contributed by atoms with Gasteiger partial charge < -0.3 is 19.7 Å². The molecule has 2 aliphatic carbocycles. The number of hydrogen-bond acceptors (Lipinski definition) is 4. The monoisotopic (exact) mass is 368 g/mol. The smallest absolute Gasteiger partial charge is 0.118 e. The van der Waals surface area contributed by atoms with E-state index in [2.05, 4.69) is 0 Å². The van der Waals surface area contributed by atoms with Gasteiger partial charge in [0.05, 0.1) is 25.4 Å². The largest absolute Gasteiger partial charge is 0.497 e. The summed E-state index contributed by atoms with van der Waals surface area (Å²) in [4.78, 5) is 0. The van der Waals surface area contributed by atoms with E-state index in [1.54, 1.807) is 14.2 Å². The van der Waals surface area contributed by atoms with Crippen LogP contribution >= 0.6 is 0 Å². The number of fused-ring (bicyclic) bond motifs is 2. The van der Waals surface area contributed by atoms with E-state index in [9.17, 15) is 10.2 Å². The normalized spacial score (nSPS) is 32.7. The lowest BCUT2D eigenvalue weighted by Gasteiger charge is -2.53. The zero-order valence-electron chi connectivity index (χ0n) is 16.0. The molecule has 0 saturated heterocycles. The predicted octanol–water partition coefficient (Wildman–Crippen LogP) is 3.99. The van der Waals surface area contributed by atoms with Crippen molar-refractivity contribution in [1.82, 2.24) is 0 Å². The van der Waals surface area contributed by atoms with Crippen LogP contribution in [-0.2, 0) is 11.2 Å². The molecule has 4 nitrogen and oxygen atoms in total. The molecular formula is C23H28O4. The Labute approximate surface area is 160 Å². The molecule has 0 aromatic heterocycles. The highest BCUT2D eigenvalue weighted by molar-refractivity contribution is 5.35. The number of benzene rings is 2. The Hall–Kier alpha value is -2.04. The zero-order valence-corrected chi connectivity index (χ0v) is 16.0. The average Bonchev–Trinajstić information content (AvgIpc) is 2.73. The van der Waals surface area contributed by atoms with Crippen LogP contribution in [-0.4, -0.2) is 24.4 Å². The van der Waals surface area contributed by atoms with Gasteiger partial charge in [-0.05, 0) is 79.3 Å². The molecular weight excluding hydrogens is 340 g/mol. The van der Waals surface area contributed by atoms with Crippen LogP contribution in [0.3, 0.4) is 0 Å². The number of ether oxygens (including phenoxy) is 2. The van der Waals surface area contributed by atoms with Crippen LogP contribution in [0.2, 0.25) is 0 Å². The van der Waals surface area contributed by atoms with E-state index in [1.165, 1.54) is 0 Å². The summed E-state index contributed by atoms with van der Waals surface area (Å²) < 4.78 is 10.5. The molecule has 2 saturated carbocycles. The third-order valence-corrected chi connectivity index (χ3v) is 6.85. The summed E-state index contributed by atoms with van der Waals surface area (Å²) in [5.41, 5.74) is 0.289. The minimum absolute atomic E-state index is 0.170. The van der Waals surface area contributed by atoms with Gasteiger partial charge in [0.25, 0.3) is 0 Å². The van der Waals surface area contributed by atoms with Gasteiger partial charge >= 0.3 is 0 Å². The highest BCUT2D eigenvalue weighted by atomic mass is 16.5. The van der Waals surface area contributed by atoms with Crippen molar-refractivity contribution in [3.05, 3.63) is 59.7 Å². The average molecular weight is 368 g/mol. The topological polar surface area (TPSA) is 58.9 Å². The van der Waals surface area contributed by atoms with E-state index in [-0.39, 0.29) is 11.8 Å². The molecule has 4 unspecified atom stereocenters. The van der Waals surface area contributed by atoms with Crippen molar-refractivity contribution >= 4 is 0 Å². The van der Waals surface area contributed by atoms with Crippen LogP contribution in [0.25, 0.3) is 0 Å². The minimum Gasteiger partial charge on any atom is -0.497 e. The molecule has 2 aromatic rings. The van der Waals surface area contributed by atoms with Gasteiger partial charge in [0.1, 0.15) is 11.5 Å². The second-order valence-corrected chi connectivity index (χ2v) is 8.01.